The van der Waals surface area contributed by atoms with E-state index in [0.29, 0.717) is 36.4 Å². The number of aromatic nitrogens is 1. The van der Waals surface area contributed by atoms with Crippen LogP contribution in [0.25, 0.3) is 11.1 Å². The largest absolute Gasteiger partial charge is 0.493 e. The molecule has 25 heavy (non-hydrogen) atoms. The maximum atomic E-state index is 15.0. The van der Waals surface area contributed by atoms with Gasteiger partial charge < -0.3 is 19.2 Å². The van der Waals surface area contributed by atoms with Crippen LogP contribution in [0.15, 0.2) is 30.6 Å². The lowest BCUT2D eigenvalue weighted by molar-refractivity contribution is 0.280. The van der Waals surface area contributed by atoms with Crippen LogP contribution in [0, 0.1) is 5.82 Å². The van der Waals surface area contributed by atoms with E-state index in [9.17, 15) is 5.02 Å². The van der Waals surface area contributed by atoms with Gasteiger partial charge in [-0.3, -0.25) is 4.98 Å². The van der Waals surface area contributed by atoms with E-state index >= 15 is 4.39 Å². The standard InChI is InChI=1S/C18H21BFNO4/c1-3-6-24-18-16(23-2)5-4-15(17(18)20)13-7-12(9-21-10-13)14-8-19(22)25-11-14/h4-5,7,9-10,14,22H,3,6,8,11H2,1-2H3. The van der Waals surface area contributed by atoms with E-state index in [1.54, 1.807) is 24.5 Å². The average molecular weight is 345 g/mol. The molecule has 2 aromatic rings. The SMILES string of the molecule is CCCOc1c(OC)ccc(-c2cncc(C3COB(O)C3)c2)c1F. The summed E-state index contributed by atoms with van der Waals surface area (Å²) in [6.07, 6.45) is 4.63. The molecule has 0 radical (unpaired) electrons. The molecule has 7 heteroatoms. The van der Waals surface area contributed by atoms with E-state index in [0.717, 1.165) is 12.0 Å². The highest BCUT2D eigenvalue weighted by Gasteiger charge is 2.30. The predicted molar refractivity (Wildman–Crippen MR) is 93.4 cm³/mol. The van der Waals surface area contributed by atoms with Crippen molar-refractivity contribution in [2.24, 2.45) is 0 Å². The zero-order valence-corrected chi connectivity index (χ0v) is 14.4. The maximum absolute atomic E-state index is 15.0. The quantitative estimate of drug-likeness (QED) is 0.815. The molecular formula is C18H21BFNO4. The second kappa shape index (κ2) is 7.84. The van der Waals surface area contributed by atoms with Gasteiger partial charge in [0.15, 0.2) is 17.3 Å². The Bertz CT molecular complexity index is 743. The molecule has 1 N–H and O–H groups in total. The van der Waals surface area contributed by atoms with Crippen molar-refractivity contribution in [2.45, 2.75) is 25.6 Å². The van der Waals surface area contributed by atoms with Gasteiger partial charge in [-0.15, -0.1) is 0 Å². The fourth-order valence-corrected chi connectivity index (χ4v) is 2.93. The van der Waals surface area contributed by atoms with Gasteiger partial charge in [-0.25, -0.2) is 4.39 Å². The third kappa shape index (κ3) is 3.77. The van der Waals surface area contributed by atoms with Crippen molar-refractivity contribution in [2.75, 3.05) is 20.3 Å². The van der Waals surface area contributed by atoms with E-state index in [1.807, 2.05) is 13.0 Å². The van der Waals surface area contributed by atoms with Gasteiger partial charge in [0.1, 0.15) is 0 Å². The summed E-state index contributed by atoms with van der Waals surface area (Å²) in [7, 11) is 0.737. The minimum absolute atomic E-state index is 0.0552. The van der Waals surface area contributed by atoms with Crippen LogP contribution >= 0.6 is 0 Å². The molecule has 0 amide bonds. The third-order valence-electron chi connectivity index (χ3n) is 4.25. The van der Waals surface area contributed by atoms with Crippen LogP contribution in [-0.4, -0.2) is 37.4 Å². The molecule has 1 atom stereocenters. The molecule has 5 nitrogen and oxygen atoms in total. The molecule has 1 fully saturated rings. The van der Waals surface area contributed by atoms with E-state index in [1.165, 1.54) is 7.11 Å². The summed E-state index contributed by atoms with van der Waals surface area (Å²) in [6, 6.07) is 5.24. The van der Waals surface area contributed by atoms with Crippen molar-refractivity contribution >= 4 is 7.12 Å². The first-order valence-corrected chi connectivity index (χ1v) is 8.38. The number of benzene rings is 1. The second-order valence-electron chi connectivity index (χ2n) is 6.03. The molecular weight excluding hydrogens is 324 g/mol. The van der Waals surface area contributed by atoms with Gasteiger partial charge >= 0.3 is 7.12 Å². The number of pyridine rings is 1. The second-order valence-corrected chi connectivity index (χ2v) is 6.03. The molecule has 0 aliphatic carbocycles. The Morgan fingerprint density at radius 2 is 2.24 bits per heavy atom. The summed E-state index contributed by atoms with van der Waals surface area (Å²) in [5.74, 6) is 0.0760. The molecule has 3 rings (SSSR count). The molecule has 1 aliphatic heterocycles. The highest BCUT2D eigenvalue weighted by Crippen LogP contribution is 2.38. The Balaban J connectivity index is 1.96. The molecule has 0 bridgehead atoms. The summed E-state index contributed by atoms with van der Waals surface area (Å²) in [4.78, 5) is 4.23. The van der Waals surface area contributed by atoms with Crippen LogP contribution in [0.2, 0.25) is 6.32 Å². The molecule has 0 saturated carbocycles. The minimum atomic E-state index is -0.750. The number of halogens is 1. The average Bonchev–Trinajstić information content (AvgIpc) is 3.07. The van der Waals surface area contributed by atoms with Crippen molar-refractivity contribution in [1.82, 2.24) is 4.98 Å². The topological polar surface area (TPSA) is 60.8 Å². The first-order chi connectivity index (χ1) is 12.1. The number of hydrogen-bond donors (Lipinski definition) is 1. The predicted octanol–water partition coefficient (Wildman–Crippen LogP) is 3.28. The summed E-state index contributed by atoms with van der Waals surface area (Å²) < 4.78 is 30.9. The monoisotopic (exact) mass is 345 g/mol. The third-order valence-corrected chi connectivity index (χ3v) is 4.25. The van der Waals surface area contributed by atoms with Crippen LogP contribution in [0.4, 0.5) is 4.39 Å². The molecule has 1 aromatic heterocycles. The Morgan fingerprint density at radius 1 is 1.40 bits per heavy atom. The van der Waals surface area contributed by atoms with Crippen LogP contribution in [-0.2, 0) is 4.65 Å². The zero-order valence-electron chi connectivity index (χ0n) is 14.4. The van der Waals surface area contributed by atoms with Crippen molar-refractivity contribution < 1.29 is 23.5 Å². The van der Waals surface area contributed by atoms with Crippen LogP contribution < -0.4 is 9.47 Å². The number of nitrogens with zero attached hydrogens (tertiary/aromatic N) is 1. The van der Waals surface area contributed by atoms with Gasteiger partial charge in [-0.05, 0) is 36.5 Å². The molecule has 1 aliphatic rings. The fourth-order valence-electron chi connectivity index (χ4n) is 2.93. The van der Waals surface area contributed by atoms with Crippen LogP contribution in [0.5, 0.6) is 11.5 Å². The lowest BCUT2D eigenvalue weighted by atomic mass is 9.80. The molecule has 1 saturated heterocycles. The van der Waals surface area contributed by atoms with Crippen LogP contribution in [0.3, 0.4) is 0 Å². The Hall–Kier alpha value is -2.12. The summed E-state index contributed by atoms with van der Waals surface area (Å²) in [5, 5.41) is 9.53. The number of hydrogen-bond acceptors (Lipinski definition) is 5. The Morgan fingerprint density at radius 3 is 2.92 bits per heavy atom. The molecule has 0 spiro atoms. The highest BCUT2D eigenvalue weighted by atomic mass is 19.1. The number of ether oxygens (including phenoxy) is 2. The Kier molecular flexibility index (Phi) is 5.55. The van der Waals surface area contributed by atoms with Crippen molar-refractivity contribution in [3.63, 3.8) is 0 Å². The summed E-state index contributed by atoms with van der Waals surface area (Å²) in [5.41, 5.74) is 1.97. The van der Waals surface area contributed by atoms with Crippen molar-refractivity contribution in [1.29, 1.82) is 0 Å². The number of rotatable bonds is 6. The van der Waals surface area contributed by atoms with Gasteiger partial charge in [0.25, 0.3) is 0 Å². The fraction of sp³-hybridized carbons (Fsp3) is 0.389. The lowest BCUT2D eigenvalue weighted by Gasteiger charge is -2.15. The van der Waals surface area contributed by atoms with E-state index in [-0.39, 0.29) is 11.7 Å². The minimum Gasteiger partial charge on any atom is -0.493 e. The zero-order chi connectivity index (χ0) is 17.8. The van der Waals surface area contributed by atoms with Gasteiger partial charge in [-0.2, -0.15) is 0 Å². The Labute approximate surface area is 146 Å². The molecule has 1 aromatic carbocycles. The smallest absolute Gasteiger partial charge is 0.454 e. The van der Waals surface area contributed by atoms with Crippen molar-refractivity contribution in [3.05, 3.63) is 42.0 Å². The molecule has 132 valence electrons. The van der Waals surface area contributed by atoms with Crippen LogP contribution in [0.1, 0.15) is 24.8 Å². The van der Waals surface area contributed by atoms with Gasteiger partial charge in [0.2, 0.25) is 0 Å². The van der Waals surface area contributed by atoms with Crippen molar-refractivity contribution in [3.8, 4) is 22.6 Å². The van der Waals surface area contributed by atoms with E-state index in [2.05, 4.69) is 4.98 Å². The first-order valence-electron chi connectivity index (χ1n) is 8.38. The maximum Gasteiger partial charge on any atom is 0.454 e. The van der Waals surface area contributed by atoms with Gasteiger partial charge in [0.05, 0.1) is 13.7 Å². The normalized spacial score (nSPS) is 17.0. The van der Waals surface area contributed by atoms with Gasteiger partial charge in [-0.1, -0.05) is 6.92 Å². The first kappa shape index (κ1) is 17.7. The molecule has 2 heterocycles. The van der Waals surface area contributed by atoms with E-state index < -0.39 is 12.9 Å². The highest BCUT2D eigenvalue weighted by molar-refractivity contribution is 6.43. The summed E-state index contributed by atoms with van der Waals surface area (Å²) >= 11 is 0. The van der Waals surface area contributed by atoms with Gasteiger partial charge in [0, 0.05) is 36.0 Å². The van der Waals surface area contributed by atoms with E-state index in [4.69, 9.17) is 14.1 Å². The lowest BCUT2D eigenvalue weighted by Crippen LogP contribution is -2.07. The summed E-state index contributed by atoms with van der Waals surface area (Å²) in [6.45, 7) is 2.80. The number of methoxy groups -OCH3 is 1. The molecule has 1 unspecified atom stereocenters.